The molecule has 26 heavy (non-hydrogen) atoms. The van der Waals surface area contributed by atoms with Crippen molar-refractivity contribution in [2.24, 2.45) is 0 Å². The monoisotopic (exact) mass is 371 g/mol. The molecular formula is C21H29N3OS. The molecule has 4 nitrogen and oxygen atoms in total. The van der Waals surface area contributed by atoms with Crippen molar-refractivity contribution in [3.63, 3.8) is 0 Å². The van der Waals surface area contributed by atoms with Gasteiger partial charge in [0.15, 0.2) is 0 Å². The molecule has 140 valence electrons. The predicted octanol–water partition coefficient (Wildman–Crippen LogP) is 4.58. The predicted molar refractivity (Wildman–Crippen MR) is 110 cm³/mol. The summed E-state index contributed by atoms with van der Waals surface area (Å²) in [4.78, 5) is 8.46. The fourth-order valence-electron chi connectivity index (χ4n) is 3.33. The minimum absolute atomic E-state index is 0.684. The number of ether oxygens (including phenoxy) is 1. The number of fused-ring (bicyclic) bond motifs is 1. The van der Waals surface area contributed by atoms with Gasteiger partial charge in [-0.15, -0.1) is 0 Å². The van der Waals surface area contributed by atoms with Gasteiger partial charge in [-0.25, -0.2) is 4.98 Å². The highest BCUT2D eigenvalue weighted by atomic mass is 32.2. The smallest absolute Gasteiger partial charge is 0.238 e. The van der Waals surface area contributed by atoms with Crippen molar-refractivity contribution >= 4 is 17.6 Å². The van der Waals surface area contributed by atoms with Gasteiger partial charge in [0.2, 0.25) is 5.88 Å². The first-order chi connectivity index (χ1) is 12.7. The van der Waals surface area contributed by atoms with Crippen LogP contribution in [0.5, 0.6) is 5.88 Å². The Morgan fingerprint density at radius 1 is 1.15 bits per heavy atom. The number of nitrogens with one attached hydrogen (secondary N) is 1. The summed E-state index contributed by atoms with van der Waals surface area (Å²) in [5, 5.41) is 0. The van der Waals surface area contributed by atoms with Gasteiger partial charge >= 0.3 is 0 Å². The van der Waals surface area contributed by atoms with E-state index >= 15 is 0 Å². The maximum absolute atomic E-state index is 5.54. The summed E-state index contributed by atoms with van der Waals surface area (Å²) in [6.45, 7) is 7.70. The number of anilines is 1. The minimum Gasteiger partial charge on any atom is -0.479 e. The standard InChI is InChI=1S/C21H29N3OS/c1-4-6-16-7-9-18(10-8-16)26-23-20-15-17-11-13-24(5-2)14-12-19(17)22-21(20)25-3/h7-10,15,23H,4-6,11-14H2,1-3H3. The summed E-state index contributed by atoms with van der Waals surface area (Å²) in [6.07, 6.45) is 4.35. The Bertz CT molecular complexity index is 718. The third kappa shape index (κ3) is 4.71. The van der Waals surface area contributed by atoms with Crippen LogP contribution in [0.3, 0.4) is 0 Å². The van der Waals surface area contributed by atoms with Crippen LogP contribution in [0, 0.1) is 0 Å². The molecule has 0 atom stereocenters. The lowest BCUT2D eigenvalue weighted by atomic mass is 10.1. The van der Waals surface area contributed by atoms with Gasteiger partial charge in [0.25, 0.3) is 0 Å². The average Bonchev–Trinajstić information content (AvgIpc) is 2.88. The van der Waals surface area contributed by atoms with E-state index in [-0.39, 0.29) is 0 Å². The Balaban J connectivity index is 1.72. The number of methoxy groups -OCH3 is 1. The lowest BCUT2D eigenvalue weighted by molar-refractivity contribution is 0.303. The van der Waals surface area contributed by atoms with Crippen LogP contribution in [0.1, 0.15) is 37.1 Å². The molecule has 0 amide bonds. The van der Waals surface area contributed by atoms with Gasteiger partial charge in [-0.05, 0) is 60.7 Å². The number of hydrogen-bond donors (Lipinski definition) is 1. The summed E-state index contributed by atoms with van der Waals surface area (Å²) in [7, 11) is 1.69. The molecule has 0 radical (unpaired) electrons. The Kier molecular flexibility index (Phi) is 6.80. The molecular weight excluding hydrogens is 342 g/mol. The fraction of sp³-hybridized carbons (Fsp3) is 0.476. The van der Waals surface area contributed by atoms with E-state index in [4.69, 9.17) is 9.72 Å². The van der Waals surface area contributed by atoms with E-state index in [1.165, 1.54) is 28.1 Å². The topological polar surface area (TPSA) is 37.4 Å². The lowest BCUT2D eigenvalue weighted by Gasteiger charge is -2.15. The van der Waals surface area contributed by atoms with Crippen molar-refractivity contribution in [2.45, 2.75) is 44.4 Å². The van der Waals surface area contributed by atoms with Gasteiger partial charge in [0, 0.05) is 30.1 Å². The molecule has 0 spiro atoms. The summed E-state index contributed by atoms with van der Waals surface area (Å²) in [5.41, 5.74) is 4.86. The number of likely N-dealkylation sites (N-methyl/N-ethyl adjacent to an activating group) is 1. The van der Waals surface area contributed by atoms with Crippen molar-refractivity contribution in [1.29, 1.82) is 0 Å². The first kappa shape index (κ1) is 19.1. The molecule has 1 aromatic carbocycles. The van der Waals surface area contributed by atoms with Crippen LogP contribution in [0.25, 0.3) is 0 Å². The molecule has 0 aliphatic carbocycles. The second-order valence-corrected chi connectivity index (χ2v) is 7.56. The van der Waals surface area contributed by atoms with Crippen LogP contribution in [0.2, 0.25) is 0 Å². The normalized spacial score (nSPS) is 14.6. The molecule has 2 aromatic rings. The lowest BCUT2D eigenvalue weighted by Crippen LogP contribution is -2.25. The highest BCUT2D eigenvalue weighted by Crippen LogP contribution is 2.31. The number of nitrogens with zero attached hydrogens (tertiary/aromatic N) is 2. The average molecular weight is 372 g/mol. The quantitative estimate of drug-likeness (QED) is 0.721. The molecule has 2 heterocycles. The van der Waals surface area contributed by atoms with Gasteiger partial charge in [0.05, 0.1) is 7.11 Å². The van der Waals surface area contributed by atoms with Crippen LogP contribution in [0.15, 0.2) is 35.2 Å². The van der Waals surface area contributed by atoms with Gasteiger partial charge < -0.3 is 14.4 Å². The minimum atomic E-state index is 0.684. The number of benzene rings is 1. The van der Waals surface area contributed by atoms with E-state index < -0.39 is 0 Å². The third-order valence-corrected chi connectivity index (χ3v) is 5.73. The highest BCUT2D eigenvalue weighted by molar-refractivity contribution is 8.00. The molecule has 3 rings (SSSR count). The van der Waals surface area contributed by atoms with Crippen molar-refractivity contribution in [3.05, 3.63) is 47.2 Å². The van der Waals surface area contributed by atoms with Crippen molar-refractivity contribution < 1.29 is 4.74 Å². The van der Waals surface area contributed by atoms with Crippen LogP contribution in [-0.4, -0.2) is 36.6 Å². The Labute approximate surface area is 161 Å². The Morgan fingerprint density at radius 3 is 2.62 bits per heavy atom. The maximum atomic E-state index is 5.54. The van der Waals surface area contributed by atoms with Crippen LogP contribution < -0.4 is 9.46 Å². The van der Waals surface area contributed by atoms with Gasteiger partial charge in [-0.2, -0.15) is 0 Å². The van der Waals surface area contributed by atoms with Crippen molar-refractivity contribution in [1.82, 2.24) is 9.88 Å². The van der Waals surface area contributed by atoms with E-state index in [0.29, 0.717) is 5.88 Å². The SMILES string of the molecule is CCCc1ccc(SNc2cc3c(nc2OC)CCN(CC)CC3)cc1. The second kappa shape index (κ2) is 9.28. The molecule has 1 aliphatic heterocycles. The van der Waals surface area contributed by atoms with E-state index in [1.807, 2.05) is 0 Å². The van der Waals surface area contributed by atoms with Crippen LogP contribution >= 0.6 is 11.9 Å². The molecule has 1 aliphatic rings. The molecule has 5 heteroatoms. The molecule has 0 fully saturated rings. The first-order valence-electron chi connectivity index (χ1n) is 9.54. The zero-order chi connectivity index (χ0) is 18.4. The van der Waals surface area contributed by atoms with E-state index in [0.717, 1.165) is 44.6 Å². The molecule has 0 unspecified atom stereocenters. The summed E-state index contributed by atoms with van der Waals surface area (Å²) < 4.78 is 8.99. The number of rotatable bonds is 7. The number of aromatic nitrogens is 1. The van der Waals surface area contributed by atoms with Crippen molar-refractivity contribution in [3.8, 4) is 5.88 Å². The Morgan fingerprint density at radius 2 is 1.92 bits per heavy atom. The summed E-state index contributed by atoms with van der Waals surface area (Å²) in [6, 6.07) is 11.0. The summed E-state index contributed by atoms with van der Waals surface area (Å²) >= 11 is 1.61. The van der Waals surface area contributed by atoms with Crippen LogP contribution in [-0.2, 0) is 19.3 Å². The third-order valence-electron chi connectivity index (χ3n) is 4.90. The van der Waals surface area contributed by atoms with Gasteiger partial charge in [0.1, 0.15) is 5.69 Å². The van der Waals surface area contributed by atoms with E-state index in [1.54, 1.807) is 19.1 Å². The van der Waals surface area contributed by atoms with E-state index in [2.05, 4.69) is 53.8 Å². The zero-order valence-electron chi connectivity index (χ0n) is 16.0. The molecule has 1 aromatic heterocycles. The van der Waals surface area contributed by atoms with Crippen LogP contribution in [0.4, 0.5) is 5.69 Å². The maximum Gasteiger partial charge on any atom is 0.238 e. The zero-order valence-corrected chi connectivity index (χ0v) is 16.9. The van der Waals surface area contributed by atoms with Gasteiger partial charge in [-0.1, -0.05) is 32.4 Å². The number of hydrogen-bond acceptors (Lipinski definition) is 5. The Hall–Kier alpha value is -1.72. The molecule has 1 N–H and O–H groups in total. The molecule has 0 saturated heterocycles. The highest BCUT2D eigenvalue weighted by Gasteiger charge is 2.17. The largest absolute Gasteiger partial charge is 0.479 e. The molecule has 0 saturated carbocycles. The number of pyridine rings is 1. The number of aryl methyl sites for hydroxylation is 1. The van der Waals surface area contributed by atoms with Gasteiger partial charge in [-0.3, -0.25) is 0 Å². The molecule has 0 bridgehead atoms. The first-order valence-corrected chi connectivity index (χ1v) is 10.4. The van der Waals surface area contributed by atoms with E-state index in [9.17, 15) is 0 Å². The second-order valence-electron chi connectivity index (χ2n) is 6.68. The summed E-state index contributed by atoms with van der Waals surface area (Å²) in [5.74, 6) is 0.684. The van der Waals surface area contributed by atoms with Crippen molar-refractivity contribution in [2.75, 3.05) is 31.5 Å². The fourth-order valence-corrected chi connectivity index (χ4v) is 3.98.